The van der Waals surface area contributed by atoms with E-state index >= 15 is 0 Å². The van der Waals surface area contributed by atoms with Crippen LogP contribution in [0.3, 0.4) is 0 Å². The Balaban J connectivity index is 0.000000138. The Hall–Kier alpha value is -13.8. The van der Waals surface area contributed by atoms with Crippen LogP contribution in [0.25, 0.3) is 64.6 Å². The average molecular weight is 1750 g/mol. The molecule has 0 bridgehead atoms. The first-order chi connectivity index (χ1) is 57.6. The molecule has 120 heavy (non-hydrogen) atoms. The van der Waals surface area contributed by atoms with Crippen LogP contribution < -0.4 is 18.9 Å². The topological polar surface area (TPSA) is 361 Å². The molecule has 8 heterocycles. The van der Waals surface area contributed by atoms with Gasteiger partial charge in [-0.2, -0.15) is 0 Å². The number of nitrogens with zero attached hydrogens (tertiary/aromatic N) is 2. The zero-order valence-electron chi connectivity index (χ0n) is 62.9. The lowest BCUT2D eigenvalue weighted by molar-refractivity contribution is -0.132. The predicted octanol–water partition coefficient (Wildman–Crippen LogP) is 23.2. The number of carboxylic acids is 4. The standard InChI is InChI=1S/2C23H16O5S2.2C22H15NO5S2/c1-13-10-15(12-29-13)21(27)23-22(18-8-5-16(24)11-19(18)30-23)28-17-6-2-14(3-7-17)4-9-20(25)26;1-13-17(10-11-29-13)21(27)23-22(18-8-5-15(24)12-19(18)30-23)28-16-6-2-14(3-7-16)4-9-20(25)26;1-12-23-11-18(29-12)20(27)22-21(16-8-5-14(24)10-17(16)30-22)28-15-6-2-13(3-7-15)4-9-19(25)26;1-12-11-23-22(29-12)19(27)21-20(16-8-5-14(24)10-17(16)30-21)28-15-6-2-13(3-7-15)4-9-18(25)26/h2*2-12,24H,1H3,(H,25,26);2*2-11,24H,1H3,(H,25,26)/b4*9-4+. The molecule has 0 saturated heterocycles. The van der Waals surface area contributed by atoms with Gasteiger partial charge in [-0.05, 0) is 213 Å². The third-order valence-electron chi connectivity index (χ3n) is 17.2. The molecule has 0 aliphatic rings. The number of thiophene rings is 6. The molecule has 0 spiro atoms. The third kappa shape index (κ3) is 20.8. The van der Waals surface area contributed by atoms with Crippen molar-refractivity contribution in [3.8, 4) is 69.0 Å². The van der Waals surface area contributed by atoms with Crippen molar-refractivity contribution < 1.29 is 98.2 Å². The van der Waals surface area contributed by atoms with E-state index in [0.29, 0.717) is 103 Å². The van der Waals surface area contributed by atoms with Gasteiger partial charge >= 0.3 is 23.9 Å². The molecule has 0 radical (unpaired) electrons. The molecule has 0 unspecified atom stereocenters. The molecule has 0 atom stereocenters. The lowest BCUT2D eigenvalue weighted by Crippen LogP contribution is -2.00. The SMILES string of the molecule is Cc1cc(C(=O)c2sc3cc(O)ccc3c2Oc2ccc(/C=C/C(=O)O)cc2)cs1.Cc1cnc(C(=O)c2sc3cc(O)ccc3c2Oc2ccc(/C=C/C(=O)O)cc2)s1.Cc1ncc(C(=O)c2sc3cc(O)ccc3c2Oc2ccc(/C=C/C(=O)O)cc2)s1.Cc1sccc1C(=O)c1sc2cc(O)ccc2c1Oc1ccc(/C=C/C(=O)O)cc1. The van der Waals surface area contributed by atoms with Crippen molar-refractivity contribution in [3.05, 3.63) is 312 Å². The van der Waals surface area contributed by atoms with Crippen molar-refractivity contribution >= 4 is 202 Å². The average Bonchev–Trinajstić information content (AvgIpc) is 1.64. The van der Waals surface area contributed by atoms with Gasteiger partial charge in [0.2, 0.25) is 23.1 Å². The minimum atomic E-state index is -1.02. The number of aryl methyl sites for hydroxylation is 4. The third-order valence-corrected chi connectivity index (χ3v) is 25.2. The molecule has 16 rings (SSSR count). The van der Waals surface area contributed by atoms with Crippen LogP contribution in [0.4, 0.5) is 0 Å². The van der Waals surface area contributed by atoms with Crippen LogP contribution in [-0.2, 0) is 19.2 Å². The van der Waals surface area contributed by atoms with Gasteiger partial charge in [-0.1, -0.05) is 48.5 Å². The summed E-state index contributed by atoms with van der Waals surface area (Å²) in [5, 5.41) is 82.1. The van der Waals surface area contributed by atoms with E-state index in [1.807, 2.05) is 44.5 Å². The van der Waals surface area contributed by atoms with Gasteiger partial charge in [0.05, 0.1) is 9.88 Å². The summed E-state index contributed by atoms with van der Waals surface area (Å²) in [6.07, 6.45) is 13.4. The Kier molecular flexibility index (Phi) is 26.4. The number of hydrogen-bond donors (Lipinski definition) is 8. The lowest BCUT2D eigenvalue weighted by Gasteiger charge is -2.08. The van der Waals surface area contributed by atoms with Crippen LogP contribution in [0.2, 0.25) is 0 Å². The van der Waals surface area contributed by atoms with Crippen molar-refractivity contribution in [1.82, 2.24) is 9.97 Å². The maximum Gasteiger partial charge on any atom is 0.328 e. The first-order valence-corrected chi connectivity index (χ1v) is 42.2. The van der Waals surface area contributed by atoms with E-state index in [4.69, 9.17) is 39.4 Å². The van der Waals surface area contributed by atoms with Crippen LogP contribution in [0.5, 0.6) is 69.0 Å². The second-order valence-corrected chi connectivity index (χ2v) is 34.7. The van der Waals surface area contributed by atoms with Crippen molar-refractivity contribution in [3.63, 3.8) is 0 Å². The molecule has 8 aromatic carbocycles. The fourth-order valence-corrected chi connectivity index (χ4v) is 19.0. The fraction of sp³-hybridized carbons (Fsp3) is 0.0444. The van der Waals surface area contributed by atoms with Crippen LogP contribution in [0.15, 0.2) is 229 Å². The number of rotatable bonds is 24. The van der Waals surface area contributed by atoms with Gasteiger partial charge in [-0.15, -0.1) is 90.7 Å². The number of fused-ring (bicyclic) bond motifs is 4. The van der Waals surface area contributed by atoms with Crippen molar-refractivity contribution in [1.29, 1.82) is 0 Å². The lowest BCUT2D eigenvalue weighted by atomic mass is 10.1. The minimum absolute atomic E-state index is 0.106. The number of carboxylic acid groups (broad SMARTS) is 4. The van der Waals surface area contributed by atoms with E-state index in [0.717, 1.165) is 90.0 Å². The summed E-state index contributed by atoms with van der Waals surface area (Å²) in [5.41, 5.74) is 4.09. The van der Waals surface area contributed by atoms with Crippen LogP contribution in [0, 0.1) is 27.7 Å². The molecular weight excluding hydrogens is 1690 g/mol. The number of thiazole rings is 2. The second kappa shape index (κ2) is 37.6. The maximum absolute atomic E-state index is 13.2. The van der Waals surface area contributed by atoms with Gasteiger partial charge in [-0.3, -0.25) is 19.2 Å². The fourth-order valence-electron chi connectivity index (χ4n) is 11.6. The quantitative estimate of drug-likeness (QED) is 0.0206. The van der Waals surface area contributed by atoms with E-state index in [1.165, 1.54) is 115 Å². The summed E-state index contributed by atoms with van der Waals surface area (Å²) in [5.74, 6) is -0.542. The maximum atomic E-state index is 13.2. The number of aromatic hydroxyl groups is 4. The van der Waals surface area contributed by atoms with Gasteiger partial charge in [0.25, 0.3) is 0 Å². The first-order valence-electron chi connectivity index (χ1n) is 35.5. The largest absolute Gasteiger partial charge is 0.508 e. The first kappa shape index (κ1) is 84.1. The molecule has 16 aromatic rings. The Morgan fingerprint density at radius 1 is 0.342 bits per heavy atom. The Morgan fingerprint density at radius 3 is 0.975 bits per heavy atom. The Bertz CT molecular complexity index is 6260. The highest BCUT2D eigenvalue weighted by atomic mass is 32.1. The number of benzene rings is 8. The molecular formula is C90H62N2O20S8. The van der Waals surface area contributed by atoms with Gasteiger partial charge < -0.3 is 59.8 Å². The summed E-state index contributed by atoms with van der Waals surface area (Å²) < 4.78 is 27.3. The molecule has 600 valence electrons. The van der Waals surface area contributed by atoms with Crippen molar-refractivity contribution in [2.24, 2.45) is 0 Å². The van der Waals surface area contributed by atoms with Gasteiger partial charge in [-0.25, -0.2) is 29.1 Å². The molecule has 22 nitrogen and oxygen atoms in total. The van der Waals surface area contributed by atoms with E-state index in [-0.39, 0.29) is 46.1 Å². The molecule has 30 heteroatoms. The zero-order valence-corrected chi connectivity index (χ0v) is 69.4. The summed E-state index contributed by atoms with van der Waals surface area (Å²) in [6, 6.07) is 50.7. The van der Waals surface area contributed by atoms with Gasteiger partial charge in [0.15, 0.2) is 28.0 Å². The molecule has 0 saturated carbocycles. The second-order valence-electron chi connectivity index (χ2n) is 25.8. The number of carbonyl (C=O) groups excluding carboxylic acids is 4. The molecule has 8 aromatic heterocycles. The van der Waals surface area contributed by atoms with Crippen molar-refractivity contribution in [2.75, 3.05) is 0 Å². The van der Waals surface area contributed by atoms with E-state index in [9.17, 15) is 58.8 Å². The molecule has 0 aliphatic carbocycles. The zero-order chi connectivity index (χ0) is 85.0. The highest BCUT2D eigenvalue weighted by Crippen LogP contribution is 2.48. The number of phenols is 4. The summed E-state index contributed by atoms with van der Waals surface area (Å²) in [7, 11) is 0. The summed E-state index contributed by atoms with van der Waals surface area (Å²) in [6.45, 7) is 7.57. The molecule has 0 aliphatic heterocycles. The van der Waals surface area contributed by atoms with E-state index in [1.54, 1.807) is 188 Å². The van der Waals surface area contributed by atoms with E-state index < -0.39 is 23.9 Å². The molecule has 0 fully saturated rings. The number of ether oxygens (including phenoxy) is 4. The Labute approximate surface area is 713 Å². The van der Waals surface area contributed by atoms with E-state index in [2.05, 4.69) is 9.97 Å². The highest BCUT2D eigenvalue weighted by Gasteiger charge is 2.29. The number of carbonyl (C=O) groups is 8. The van der Waals surface area contributed by atoms with Gasteiger partial charge in [0, 0.05) is 108 Å². The van der Waals surface area contributed by atoms with Crippen LogP contribution in [-0.4, -0.2) is 97.8 Å². The smallest absolute Gasteiger partial charge is 0.328 e. The predicted molar refractivity (Wildman–Crippen MR) is 472 cm³/mol. The number of ketones is 4. The van der Waals surface area contributed by atoms with Crippen LogP contribution in [0.1, 0.15) is 102 Å². The number of hydrogen-bond acceptors (Lipinski definition) is 26. The van der Waals surface area contributed by atoms with Crippen molar-refractivity contribution in [2.45, 2.75) is 27.7 Å². The van der Waals surface area contributed by atoms with Gasteiger partial charge in [0.1, 0.15) is 65.5 Å². The highest BCUT2D eigenvalue weighted by molar-refractivity contribution is 7.24. The number of aliphatic carboxylic acids is 4. The van der Waals surface area contributed by atoms with Crippen LogP contribution >= 0.6 is 90.7 Å². The minimum Gasteiger partial charge on any atom is -0.508 e. The normalized spacial score (nSPS) is 11.2. The summed E-state index contributed by atoms with van der Waals surface area (Å²) >= 11 is 10.7. The number of phenolic OH excluding ortho intramolecular Hbond substituents is 4. The molecule has 0 amide bonds. The Morgan fingerprint density at radius 2 is 0.683 bits per heavy atom. The molecule has 8 N–H and O–H groups in total. The summed E-state index contributed by atoms with van der Waals surface area (Å²) in [4.78, 5) is 109. The number of aromatic nitrogens is 2. The monoisotopic (exact) mass is 1750 g/mol.